The maximum Gasteiger partial charge on any atom is 0.573 e. The van der Waals surface area contributed by atoms with Crippen molar-refractivity contribution in [3.8, 4) is 11.5 Å². The lowest BCUT2D eigenvalue weighted by molar-refractivity contribution is -0.274. The third-order valence-corrected chi connectivity index (χ3v) is 3.03. The maximum absolute atomic E-state index is 13.3. The fourth-order valence-corrected chi connectivity index (χ4v) is 1.97. The summed E-state index contributed by atoms with van der Waals surface area (Å²) in [7, 11) is 0. The van der Waals surface area contributed by atoms with E-state index in [1.54, 1.807) is 6.07 Å². The highest BCUT2D eigenvalue weighted by Gasteiger charge is 2.32. The number of para-hydroxylation sites is 3. The first-order valence-electron chi connectivity index (χ1n) is 7.37. The lowest BCUT2D eigenvalue weighted by Gasteiger charge is -2.13. The molecule has 1 amide bonds. The molecule has 0 aliphatic rings. The summed E-state index contributed by atoms with van der Waals surface area (Å²) in [5, 5.41) is 2.35. The van der Waals surface area contributed by atoms with Crippen LogP contribution in [0.15, 0.2) is 48.5 Å². The van der Waals surface area contributed by atoms with Crippen LogP contribution in [0.3, 0.4) is 0 Å². The second-order valence-electron chi connectivity index (χ2n) is 4.97. The van der Waals surface area contributed by atoms with Gasteiger partial charge >= 0.3 is 6.36 Å². The van der Waals surface area contributed by atoms with E-state index in [2.05, 4.69) is 10.1 Å². The predicted molar refractivity (Wildman–Crippen MR) is 82.9 cm³/mol. The molecule has 25 heavy (non-hydrogen) atoms. The van der Waals surface area contributed by atoms with E-state index in [4.69, 9.17) is 4.74 Å². The minimum atomic E-state index is -4.85. The average Bonchev–Trinajstić information content (AvgIpc) is 2.54. The van der Waals surface area contributed by atoms with E-state index < -0.39 is 23.8 Å². The highest BCUT2D eigenvalue weighted by molar-refractivity contribution is 5.92. The van der Waals surface area contributed by atoms with E-state index >= 15 is 0 Å². The van der Waals surface area contributed by atoms with E-state index in [0.717, 1.165) is 6.07 Å². The maximum atomic E-state index is 13.3. The Morgan fingerprint density at radius 2 is 1.64 bits per heavy atom. The fourth-order valence-electron chi connectivity index (χ4n) is 1.97. The zero-order valence-corrected chi connectivity index (χ0v) is 13.0. The highest BCUT2D eigenvalue weighted by atomic mass is 19.4. The first-order chi connectivity index (χ1) is 11.8. The van der Waals surface area contributed by atoms with E-state index in [-0.39, 0.29) is 30.9 Å². The molecule has 8 heteroatoms. The average molecular weight is 357 g/mol. The summed E-state index contributed by atoms with van der Waals surface area (Å²) in [6.45, 7) is 0.0923. The minimum absolute atomic E-state index is 0.00515. The van der Waals surface area contributed by atoms with Crippen molar-refractivity contribution in [2.24, 2.45) is 0 Å². The summed E-state index contributed by atoms with van der Waals surface area (Å²) in [5.41, 5.74) is -0.0835. The molecular weight excluding hydrogens is 342 g/mol. The van der Waals surface area contributed by atoms with Crippen LogP contribution in [0.4, 0.5) is 23.2 Å². The molecule has 0 aliphatic carbocycles. The largest absolute Gasteiger partial charge is 0.573 e. The number of carbonyl (C=O) groups excluding carboxylic acids is 1. The molecule has 134 valence electrons. The van der Waals surface area contributed by atoms with Crippen LogP contribution in [0, 0.1) is 5.82 Å². The predicted octanol–water partition coefficient (Wildman–Crippen LogP) is 4.52. The Morgan fingerprint density at radius 3 is 2.32 bits per heavy atom. The molecule has 0 saturated carbocycles. The second-order valence-corrected chi connectivity index (χ2v) is 4.97. The molecule has 0 fully saturated rings. The zero-order valence-electron chi connectivity index (χ0n) is 13.0. The smallest absolute Gasteiger partial charge is 0.491 e. The number of nitrogens with one attached hydrogen (secondary N) is 1. The summed E-state index contributed by atoms with van der Waals surface area (Å²) < 4.78 is 59.3. The Labute approximate surface area is 141 Å². The monoisotopic (exact) mass is 357 g/mol. The molecule has 0 atom stereocenters. The standard InChI is InChI=1S/C17H15F4NO3/c18-12-6-1-3-8-14(12)24-11-5-10-16(23)22-13-7-2-4-9-15(13)25-17(19,20)21/h1-4,6-9H,5,10-11H2,(H,22,23). The zero-order chi connectivity index (χ0) is 18.3. The topological polar surface area (TPSA) is 47.6 Å². The van der Waals surface area contributed by atoms with Gasteiger partial charge in [-0.1, -0.05) is 24.3 Å². The molecule has 0 radical (unpaired) electrons. The van der Waals surface area contributed by atoms with Crippen LogP contribution in [0.5, 0.6) is 11.5 Å². The van der Waals surface area contributed by atoms with Crippen molar-refractivity contribution in [1.82, 2.24) is 0 Å². The highest BCUT2D eigenvalue weighted by Crippen LogP contribution is 2.30. The van der Waals surface area contributed by atoms with Crippen molar-refractivity contribution in [3.63, 3.8) is 0 Å². The fraction of sp³-hybridized carbons (Fsp3) is 0.235. The van der Waals surface area contributed by atoms with Gasteiger partial charge in [-0.3, -0.25) is 4.79 Å². The number of rotatable bonds is 7. The Kier molecular flexibility index (Phi) is 6.21. The van der Waals surface area contributed by atoms with E-state index in [9.17, 15) is 22.4 Å². The van der Waals surface area contributed by atoms with Crippen molar-refractivity contribution in [3.05, 3.63) is 54.3 Å². The van der Waals surface area contributed by atoms with Gasteiger partial charge in [-0.15, -0.1) is 13.2 Å². The van der Waals surface area contributed by atoms with Gasteiger partial charge in [0.2, 0.25) is 5.91 Å². The van der Waals surface area contributed by atoms with Gasteiger partial charge in [-0.05, 0) is 30.7 Å². The number of benzene rings is 2. The molecule has 0 aromatic heterocycles. The molecule has 0 aliphatic heterocycles. The van der Waals surface area contributed by atoms with Crippen LogP contribution in [-0.2, 0) is 4.79 Å². The molecule has 0 spiro atoms. The van der Waals surface area contributed by atoms with Gasteiger partial charge in [0.1, 0.15) is 0 Å². The lowest BCUT2D eigenvalue weighted by atomic mass is 10.2. The summed E-state index contributed by atoms with van der Waals surface area (Å²) in [6.07, 6.45) is -4.59. The number of alkyl halides is 3. The number of anilines is 1. The molecule has 2 rings (SSSR count). The quantitative estimate of drug-likeness (QED) is 0.585. The molecule has 0 unspecified atom stereocenters. The van der Waals surface area contributed by atoms with Crippen molar-refractivity contribution in [2.75, 3.05) is 11.9 Å². The number of halogens is 4. The van der Waals surface area contributed by atoms with Crippen LogP contribution < -0.4 is 14.8 Å². The number of ether oxygens (including phenoxy) is 2. The van der Waals surface area contributed by atoms with Gasteiger partial charge < -0.3 is 14.8 Å². The SMILES string of the molecule is O=C(CCCOc1ccccc1F)Nc1ccccc1OC(F)(F)F. The van der Waals surface area contributed by atoms with E-state index in [0.29, 0.717) is 0 Å². The van der Waals surface area contributed by atoms with Crippen molar-refractivity contribution >= 4 is 11.6 Å². The minimum Gasteiger partial charge on any atom is -0.491 e. The Balaban J connectivity index is 1.82. The molecule has 4 nitrogen and oxygen atoms in total. The Bertz CT molecular complexity index is 719. The molecule has 1 N–H and O–H groups in total. The van der Waals surface area contributed by atoms with Crippen LogP contribution in [0.2, 0.25) is 0 Å². The number of hydrogen-bond donors (Lipinski definition) is 1. The van der Waals surface area contributed by atoms with Gasteiger partial charge in [-0.25, -0.2) is 4.39 Å². The summed E-state index contributed by atoms with van der Waals surface area (Å²) in [6, 6.07) is 11.1. The van der Waals surface area contributed by atoms with Gasteiger partial charge in [0.25, 0.3) is 0 Å². The van der Waals surface area contributed by atoms with Gasteiger partial charge in [-0.2, -0.15) is 0 Å². The van der Waals surface area contributed by atoms with Crippen molar-refractivity contribution in [1.29, 1.82) is 0 Å². The number of hydrogen-bond acceptors (Lipinski definition) is 3. The molecular formula is C17H15F4NO3. The third kappa shape index (κ3) is 6.33. The molecule has 0 saturated heterocycles. The summed E-state index contributed by atoms with van der Waals surface area (Å²) in [5.74, 6) is -1.43. The van der Waals surface area contributed by atoms with Gasteiger partial charge in [0, 0.05) is 6.42 Å². The van der Waals surface area contributed by atoms with Crippen LogP contribution >= 0.6 is 0 Å². The van der Waals surface area contributed by atoms with Gasteiger partial charge in [0.15, 0.2) is 17.3 Å². The Morgan fingerprint density at radius 1 is 1.00 bits per heavy atom. The van der Waals surface area contributed by atoms with Crippen molar-refractivity contribution < 1.29 is 31.8 Å². The first kappa shape index (κ1) is 18.6. The molecule has 2 aromatic rings. The summed E-state index contributed by atoms with van der Waals surface area (Å²) >= 11 is 0. The molecule has 0 bridgehead atoms. The third-order valence-electron chi connectivity index (χ3n) is 3.03. The lowest BCUT2D eigenvalue weighted by Crippen LogP contribution is -2.19. The summed E-state index contributed by atoms with van der Waals surface area (Å²) in [4.78, 5) is 11.8. The first-order valence-corrected chi connectivity index (χ1v) is 7.37. The van der Waals surface area contributed by atoms with Crippen LogP contribution in [0.25, 0.3) is 0 Å². The van der Waals surface area contributed by atoms with E-state index in [1.165, 1.54) is 36.4 Å². The molecule has 0 heterocycles. The van der Waals surface area contributed by atoms with Crippen molar-refractivity contribution in [2.45, 2.75) is 19.2 Å². The second kappa shape index (κ2) is 8.36. The van der Waals surface area contributed by atoms with E-state index in [1.807, 2.05) is 0 Å². The van der Waals surface area contributed by atoms with Crippen LogP contribution in [-0.4, -0.2) is 18.9 Å². The Hall–Kier alpha value is -2.77. The number of carbonyl (C=O) groups is 1. The molecule has 2 aromatic carbocycles. The normalized spacial score (nSPS) is 11.0. The van der Waals surface area contributed by atoms with Crippen LogP contribution in [0.1, 0.15) is 12.8 Å². The number of amides is 1. The van der Waals surface area contributed by atoms with Gasteiger partial charge in [0.05, 0.1) is 12.3 Å².